The maximum atomic E-state index is 11.3. The molecule has 0 aromatic heterocycles. The van der Waals surface area contributed by atoms with Crippen LogP contribution in [0.3, 0.4) is 0 Å². The van der Waals surface area contributed by atoms with E-state index in [1.165, 1.54) is 4.90 Å². The molecule has 0 saturated heterocycles. The summed E-state index contributed by atoms with van der Waals surface area (Å²) >= 11 is 0. The van der Waals surface area contributed by atoms with E-state index in [1.54, 1.807) is 0 Å². The fraction of sp³-hybridized carbons (Fsp3) is 0.667. The molecule has 1 rings (SSSR count). The Kier molecular flexibility index (Phi) is 2.97. The summed E-state index contributed by atoms with van der Waals surface area (Å²) in [4.78, 5) is 23.4. The van der Waals surface area contributed by atoms with Crippen molar-refractivity contribution in [2.24, 2.45) is 16.3 Å². The molecule has 0 radical (unpaired) electrons. The van der Waals surface area contributed by atoms with Gasteiger partial charge in [-0.2, -0.15) is 5.10 Å². The minimum absolute atomic E-state index is 0.0824. The monoisotopic (exact) mass is 212 g/mol. The molecule has 0 aliphatic carbocycles. The molecule has 1 aliphatic heterocycles. The zero-order valence-electron chi connectivity index (χ0n) is 9.20. The molecular weight excluding hydrogens is 196 g/mol. The second-order valence-electron chi connectivity index (χ2n) is 4.55. The van der Waals surface area contributed by atoms with Crippen LogP contribution in [0.5, 0.6) is 0 Å². The number of nitrogens with zero attached hydrogens (tertiary/aromatic N) is 2. The van der Waals surface area contributed by atoms with Crippen LogP contribution in [0.4, 0.5) is 4.79 Å². The summed E-state index contributed by atoms with van der Waals surface area (Å²) in [6, 6.07) is -0.387. The van der Waals surface area contributed by atoms with Gasteiger partial charge in [-0.15, -0.1) is 0 Å². The first-order chi connectivity index (χ1) is 6.80. The largest absolute Gasteiger partial charge is 0.368 e. The SMILES string of the molecule is CC(C)(C)C1=NNC(=O)N(CC(N)=O)C1. The number of rotatable bonds is 2. The van der Waals surface area contributed by atoms with Crippen LogP contribution < -0.4 is 11.2 Å². The number of nitrogens with one attached hydrogen (secondary N) is 1. The van der Waals surface area contributed by atoms with Gasteiger partial charge in [0.2, 0.25) is 5.91 Å². The van der Waals surface area contributed by atoms with Gasteiger partial charge in [-0.3, -0.25) is 4.79 Å². The van der Waals surface area contributed by atoms with Crippen molar-refractivity contribution in [3.05, 3.63) is 0 Å². The molecule has 0 atom stereocenters. The third kappa shape index (κ3) is 2.93. The van der Waals surface area contributed by atoms with E-state index in [-0.39, 0.29) is 18.0 Å². The smallest absolute Gasteiger partial charge is 0.338 e. The Hall–Kier alpha value is -1.59. The molecule has 0 bridgehead atoms. The van der Waals surface area contributed by atoms with Gasteiger partial charge < -0.3 is 10.6 Å². The van der Waals surface area contributed by atoms with Crippen LogP contribution in [-0.4, -0.2) is 35.6 Å². The van der Waals surface area contributed by atoms with Crippen molar-refractivity contribution >= 4 is 17.6 Å². The number of amides is 3. The van der Waals surface area contributed by atoms with Gasteiger partial charge in [0.05, 0.1) is 12.3 Å². The Bertz CT molecular complexity index is 317. The van der Waals surface area contributed by atoms with Crippen LogP contribution in [0.25, 0.3) is 0 Å². The van der Waals surface area contributed by atoms with Crippen LogP contribution >= 0.6 is 0 Å². The molecule has 0 fully saturated rings. The second kappa shape index (κ2) is 3.88. The van der Waals surface area contributed by atoms with Crippen LogP contribution in [0.2, 0.25) is 0 Å². The zero-order chi connectivity index (χ0) is 11.6. The Morgan fingerprint density at radius 3 is 2.67 bits per heavy atom. The first kappa shape index (κ1) is 11.5. The summed E-state index contributed by atoms with van der Waals surface area (Å²) in [5.74, 6) is -0.527. The minimum atomic E-state index is -0.527. The van der Waals surface area contributed by atoms with Gasteiger partial charge in [0.15, 0.2) is 0 Å². The summed E-state index contributed by atoms with van der Waals surface area (Å²) in [7, 11) is 0. The first-order valence-electron chi connectivity index (χ1n) is 4.71. The third-order valence-electron chi connectivity index (χ3n) is 2.13. The molecule has 1 aliphatic rings. The number of carbonyl (C=O) groups is 2. The normalized spacial score (nSPS) is 17.1. The number of hydrogen-bond acceptors (Lipinski definition) is 3. The van der Waals surface area contributed by atoms with Gasteiger partial charge in [0.1, 0.15) is 6.54 Å². The molecule has 0 saturated carbocycles. The van der Waals surface area contributed by atoms with Crippen molar-refractivity contribution < 1.29 is 9.59 Å². The Balaban J connectivity index is 2.76. The van der Waals surface area contributed by atoms with Gasteiger partial charge in [0.25, 0.3) is 0 Å². The highest BCUT2D eigenvalue weighted by atomic mass is 16.2. The molecule has 6 heteroatoms. The van der Waals surface area contributed by atoms with E-state index in [4.69, 9.17) is 5.73 Å². The Morgan fingerprint density at radius 1 is 1.60 bits per heavy atom. The zero-order valence-corrected chi connectivity index (χ0v) is 9.20. The lowest BCUT2D eigenvalue weighted by atomic mass is 9.89. The van der Waals surface area contributed by atoms with Crippen molar-refractivity contribution in [2.45, 2.75) is 20.8 Å². The van der Waals surface area contributed by atoms with Crippen molar-refractivity contribution in [2.75, 3.05) is 13.1 Å². The summed E-state index contributed by atoms with van der Waals surface area (Å²) < 4.78 is 0. The Morgan fingerprint density at radius 2 is 2.20 bits per heavy atom. The predicted octanol–water partition coefficient (Wildman–Crippen LogP) is -0.101. The van der Waals surface area contributed by atoms with E-state index in [9.17, 15) is 9.59 Å². The van der Waals surface area contributed by atoms with Crippen molar-refractivity contribution in [1.29, 1.82) is 0 Å². The molecule has 0 aromatic carbocycles. The van der Waals surface area contributed by atoms with Gasteiger partial charge in [-0.1, -0.05) is 20.8 Å². The van der Waals surface area contributed by atoms with Crippen LogP contribution in [-0.2, 0) is 4.79 Å². The fourth-order valence-corrected chi connectivity index (χ4v) is 1.19. The van der Waals surface area contributed by atoms with E-state index in [0.29, 0.717) is 6.54 Å². The quantitative estimate of drug-likeness (QED) is 0.669. The van der Waals surface area contributed by atoms with Crippen LogP contribution in [0.1, 0.15) is 20.8 Å². The minimum Gasteiger partial charge on any atom is -0.368 e. The molecule has 0 spiro atoms. The summed E-state index contributed by atoms with van der Waals surface area (Å²) in [6.07, 6.45) is 0. The number of primary amides is 1. The van der Waals surface area contributed by atoms with Crippen molar-refractivity contribution in [3.63, 3.8) is 0 Å². The lowest BCUT2D eigenvalue weighted by Crippen LogP contribution is -2.51. The molecule has 0 unspecified atom stereocenters. The number of urea groups is 1. The molecule has 6 nitrogen and oxygen atoms in total. The van der Waals surface area contributed by atoms with Crippen molar-refractivity contribution in [3.8, 4) is 0 Å². The summed E-state index contributed by atoms with van der Waals surface area (Å²) in [5.41, 5.74) is 8.09. The molecule has 0 aromatic rings. The van der Waals surface area contributed by atoms with E-state index in [2.05, 4.69) is 10.5 Å². The predicted molar refractivity (Wildman–Crippen MR) is 56.2 cm³/mol. The first-order valence-corrected chi connectivity index (χ1v) is 4.71. The summed E-state index contributed by atoms with van der Waals surface area (Å²) in [6.45, 7) is 6.24. The molecule has 84 valence electrons. The van der Waals surface area contributed by atoms with Gasteiger partial charge >= 0.3 is 6.03 Å². The van der Waals surface area contributed by atoms with E-state index in [1.807, 2.05) is 20.8 Å². The number of carbonyl (C=O) groups excluding carboxylic acids is 2. The fourth-order valence-electron chi connectivity index (χ4n) is 1.19. The van der Waals surface area contributed by atoms with Gasteiger partial charge in [-0.05, 0) is 0 Å². The van der Waals surface area contributed by atoms with Crippen LogP contribution in [0, 0.1) is 5.41 Å². The average molecular weight is 212 g/mol. The van der Waals surface area contributed by atoms with Gasteiger partial charge in [-0.25, -0.2) is 10.2 Å². The van der Waals surface area contributed by atoms with Gasteiger partial charge in [0, 0.05) is 5.41 Å². The molecule has 3 N–H and O–H groups in total. The third-order valence-corrected chi connectivity index (χ3v) is 2.13. The summed E-state index contributed by atoms with van der Waals surface area (Å²) in [5, 5.41) is 3.96. The molecular formula is C9H16N4O2. The number of hydrogen-bond donors (Lipinski definition) is 2. The van der Waals surface area contributed by atoms with Crippen LogP contribution in [0.15, 0.2) is 5.10 Å². The average Bonchev–Trinajstić information content (AvgIpc) is 2.06. The highest BCUT2D eigenvalue weighted by Crippen LogP contribution is 2.18. The maximum Gasteiger partial charge on any atom is 0.338 e. The second-order valence-corrected chi connectivity index (χ2v) is 4.55. The van der Waals surface area contributed by atoms with E-state index < -0.39 is 5.91 Å². The number of nitrogens with two attached hydrogens (primary N) is 1. The van der Waals surface area contributed by atoms with Crippen molar-refractivity contribution in [1.82, 2.24) is 10.3 Å². The van der Waals surface area contributed by atoms with E-state index >= 15 is 0 Å². The topological polar surface area (TPSA) is 87.8 Å². The number of hydrazone groups is 1. The lowest BCUT2D eigenvalue weighted by Gasteiger charge is -2.31. The highest BCUT2D eigenvalue weighted by Gasteiger charge is 2.28. The highest BCUT2D eigenvalue weighted by molar-refractivity contribution is 5.97. The molecule has 1 heterocycles. The Labute approximate surface area is 88.5 Å². The standard InChI is InChI=1S/C9H16N4O2/c1-9(2,3)6-4-13(5-7(10)14)8(15)12-11-6/h4-5H2,1-3H3,(H2,10,14)(H,12,15). The molecule has 3 amide bonds. The lowest BCUT2D eigenvalue weighted by molar-refractivity contribution is -0.118. The maximum absolute atomic E-state index is 11.3. The molecule has 15 heavy (non-hydrogen) atoms. The van der Waals surface area contributed by atoms with E-state index in [0.717, 1.165) is 5.71 Å².